The third-order valence-electron chi connectivity index (χ3n) is 5.00. The van der Waals surface area contributed by atoms with Crippen molar-refractivity contribution >= 4 is 15.9 Å². The Balaban J connectivity index is 1.67. The van der Waals surface area contributed by atoms with Crippen molar-refractivity contribution in [3.05, 3.63) is 48.0 Å². The summed E-state index contributed by atoms with van der Waals surface area (Å²) >= 11 is 0. The van der Waals surface area contributed by atoms with E-state index in [0.717, 1.165) is 0 Å². The fraction of sp³-hybridized carbons (Fsp3) is 0.409. The first-order valence-electron chi connectivity index (χ1n) is 10.5. The minimum atomic E-state index is -3.71. The van der Waals surface area contributed by atoms with Gasteiger partial charge in [0.2, 0.25) is 10.0 Å². The van der Waals surface area contributed by atoms with Gasteiger partial charge in [0, 0.05) is 31.7 Å². The van der Waals surface area contributed by atoms with Gasteiger partial charge in [-0.3, -0.25) is 4.79 Å². The van der Waals surface area contributed by atoms with Crippen LogP contribution in [0.3, 0.4) is 0 Å². The Labute approximate surface area is 191 Å². The number of ether oxygens (including phenoxy) is 3. The molecule has 0 N–H and O–H groups in total. The predicted octanol–water partition coefficient (Wildman–Crippen LogP) is 3.23. The number of hydrogen-bond donors (Lipinski definition) is 0. The Morgan fingerprint density at radius 2 is 1.58 bits per heavy atom. The van der Waals surface area contributed by atoms with E-state index in [4.69, 9.17) is 9.47 Å². The minimum absolute atomic E-state index is 0.0420. The molecule has 0 saturated carbocycles. The first kappa shape index (κ1) is 24.7. The maximum absolute atomic E-state index is 12.9. The quantitative estimate of drug-likeness (QED) is 0.543. The molecule has 11 heteroatoms. The highest BCUT2D eigenvalue weighted by atomic mass is 32.2. The van der Waals surface area contributed by atoms with E-state index in [0.29, 0.717) is 12.4 Å². The summed E-state index contributed by atoms with van der Waals surface area (Å²) in [6.07, 6.45) is 0. The Kier molecular flexibility index (Phi) is 8.09. The van der Waals surface area contributed by atoms with Crippen LogP contribution in [0.5, 0.6) is 17.2 Å². The number of nitrogens with zero attached hydrogens (tertiary/aromatic N) is 2. The van der Waals surface area contributed by atoms with Crippen LogP contribution in [-0.4, -0.2) is 69.5 Å². The van der Waals surface area contributed by atoms with Crippen molar-refractivity contribution in [2.24, 2.45) is 0 Å². The van der Waals surface area contributed by atoms with Crippen molar-refractivity contribution in [2.45, 2.75) is 25.4 Å². The van der Waals surface area contributed by atoms with Crippen molar-refractivity contribution in [1.29, 1.82) is 0 Å². The molecule has 33 heavy (non-hydrogen) atoms. The number of carbonyl (C=O) groups is 1. The molecule has 0 spiro atoms. The van der Waals surface area contributed by atoms with E-state index in [1.165, 1.54) is 39.5 Å². The maximum Gasteiger partial charge on any atom is 0.387 e. The smallest absolute Gasteiger partial charge is 0.387 e. The van der Waals surface area contributed by atoms with E-state index in [-0.39, 0.29) is 60.7 Å². The van der Waals surface area contributed by atoms with Gasteiger partial charge in [-0.05, 0) is 56.3 Å². The second kappa shape index (κ2) is 10.8. The number of alkyl halides is 2. The van der Waals surface area contributed by atoms with E-state index in [2.05, 4.69) is 4.74 Å². The van der Waals surface area contributed by atoms with E-state index in [1.54, 1.807) is 19.1 Å². The van der Waals surface area contributed by atoms with Gasteiger partial charge in [0.25, 0.3) is 5.91 Å². The molecule has 2 aromatic rings. The molecule has 1 aliphatic heterocycles. The van der Waals surface area contributed by atoms with Crippen LogP contribution in [0.25, 0.3) is 0 Å². The summed E-state index contributed by atoms with van der Waals surface area (Å²) in [7, 11) is -3.71. The van der Waals surface area contributed by atoms with Gasteiger partial charge >= 0.3 is 6.61 Å². The van der Waals surface area contributed by atoms with Crippen LogP contribution < -0.4 is 14.2 Å². The molecule has 1 saturated heterocycles. The van der Waals surface area contributed by atoms with Crippen LogP contribution in [0.15, 0.2) is 47.4 Å². The molecular weight excluding hydrogens is 458 g/mol. The summed E-state index contributed by atoms with van der Waals surface area (Å²) < 4.78 is 67.5. The largest absolute Gasteiger partial charge is 0.494 e. The van der Waals surface area contributed by atoms with Crippen LogP contribution in [0.2, 0.25) is 0 Å². The zero-order valence-electron chi connectivity index (χ0n) is 18.4. The van der Waals surface area contributed by atoms with E-state index in [9.17, 15) is 22.0 Å². The van der Waals surface area contributed by atoms with E-state index < -0.39 is 16.6 Å². The minimum Gasteiger partial charge on any atom is -0.494 e. The first-order valence-corrected chi connectivity index (χ1v) is 11.9. The zero-order valence-corrected chi connectivity index (χ0v) is 19.2. The van der Waals surface area contributed by atoms with Gasteiger partial charge in [-0.15, -0.1) is 0 Å². The Bertz CT molecular complexity index is 1060. The topological polar surface area (TPSA) is 85.4 Å². The standard InChI is InChI=1S/C22H26F2N2O6S/c1-3-30-17-6-8-18(9-7-17)33(28,29)26-13-11-25(12-14-26)21(27)16-5-10-19(32-22(23)24)20(15-16)31-4-2/h5-10,15,22H,3-4,11-14H2,1-2H3. The Morgan fingerprint density at radius 3 is 2.15 bits per heavy atom. The van der Waals surface area contributed by atoms with Gasteiger partial charge in [0.05, 0.1) is 18.1 Å². The lowest BCUT2D eigenvalue weighted by Gasteiger charge is -2.34. The highest BCUT2D eigenvalue weighted by molar-refractivity contribution is 7.89. The average molecular weight is 485 g/mol. The molecule has 0 atom stereocenters. The normalized spacial score (nSPS) is 14.9. The highest BCUT2D eigenvalue weighted by Crippen LogP contribution is 2.30. The zero-order chi connectivity index (χ0) is 24.0. The molecule has 1 aliphatic rings. The van der Waals surface area contributed by atoms with Crippen molar-refractivity contribution in [3.8, 4) is 17.2 Å². The number of amides is 1. The fourth-order valence-electron chi connectivity index (χ4n) is 3.44. The van der Waals surface area contributed by atoms with E-state index >= 15 is 0 Å². The summed E-state index contributed by atoms with van der Waals surface area (Å²) in [6, 6.07) is 10.2. The molecule has 180 valence electrons. The summed E-state index contributed by atoms with van der Waals surface area (Å²) in [4.78, 5) is 14.6. The number of rotatable bonds is 9. The second-order valence-corrected chi connectivity index (χ2v) is 9.01. The van der Waals surface area contributed by atoms with Crippen LogP contribution in [0, 0.1) is 0 Å². The molecule has 1 fully saturated rings. The molecule has 1 amide bonds. The van der Waals surface area contributed by atoms with Crippen LogP contribution >= 0.6 is 0 Å². The third kappa shape index (κ3) is 5.91. The third-order valence-corrected chi connectivity index (χ3v) is 6.92. The lowest BCUT2D eigenvalue weighted by molar-refractivity contribution is -0.0514. The lowest BCUT2D eigenvalue weighted by atomic mass is 10.1. The monoisotopic (exact) mass is 484 g/mol. The molecule has 0 bridgehead atoms. The number of benzene rings is 2. The summed E-state index contributed by atoms with van der Waals surface area (Å²) in [6.45, 7) is 1.84. The van der Waals surface area contributed by atoms with Gasteiger partial charge in [0.15, 0.2) is 11.5 Å². The van der Waals surface area contributed by atoms with Crippen LogP contribution in [-0.2, 0) is 10.0 Å². The van der Waals surface area contributed by atoms with Crippen LogP contribution in [0.4, 0.5) is 8.78 Å². The number of carbonyl (C=O) groups excluding carboxylic acids is 1. The van der Waals surface area contributed by atoms with Crippen molar-refractivity contribution in [3.63, 3.8) is 0 Å². The predicted molar refractivity (Wildman–Crippen MR) is 117 cm³/mol. The van der Waals surface area contributed by atoms with Gasteiger partial charge < -0.3 is 19.1 Å². The SMILES string of the molecule is CCOc1ccc(S(=O)(=O)N2CCN(C(=O)c3ccc(OC(F)F)c(OCC)c3)CC2)cc1. The average Bonchev–Trinajstić information content (AvgIpc) is 2.80. The lowest BCUT2D eigenvalue weighted by Crippen LogP contribution is -2.50. The second-order valence-electron chi connectivity index (χ2n) is 7.07. The molecule has 0 radical (unpaired) electrons. The molecule has 0 aromatic heterocycles. The van der Waals surface area contributed by atoms with Gasteiger partial charge in [0.1, 0.15) is 5.75 Å². The first-order chi connectivity index (χ1) is 15.8. The van der Waals surface area contributed by atoms with Crippen LogP contribution in [0.1, 0.15) is 24.2 Å². The summed E-state index contributed by atoms with van der Waals surface area (Å²) in [5.74, 6) is 0.121. The van der Waals surface area contributed by atoms with Gasteiger partial charge in [-0.2, -0.15) is 13.1 Å². The molecule has 1 heterocycles. The molecular formula is C22H26F2N2O6S. The Hall–Kier alpha value is -2.92. The highest BCUT2D eigenvalue weighted by Gasteiger charge is 2.31. The molecule has 0 unspecified atom stereocenters. The molecule has 3 rings (SSSR count). The van der Waals surface area contributed by atoms with Crippen molar-refractivity contribution in [2.75, 3.05) is 39.4 Å². The van der Waals surface area contributed by atoms with Crippen molar-refractivity contribution < 1.29 is 36.2 Å². The molecule has 8 nitrogen and oxygen atoms in total. The van der Waals surface area contributed by atoms with E-state index in [1.807, 2.05) is 6.92 Å². The number of halogens is 2. The summed E-state index contributed by atoms with van der Waals surface area (Å²) in [5, 5.41) is 0. The number of hydrogen-bond acceptors (Lipinski definition) is 6. The van der Waals surface area contributed by atoms with Gasteiger partial charge in [-0.1, -0.05) is 0 Å². The maximum atomic E-state index is 12.9. The number of piperazine rings is 1. The van der Waals surface area contributed by atoms with Gasteiger partial charge in [-0.25, -0.2) is 8.42 Å². The molecule has 2 aromatic carbocycles. The number of sulfonamides is 1. The van der Waals surface area contributed by atoms with Crippen molar-refractivity contribution in [1.82, 2.24) is 9.21 Å². The molecule has 0 aliphatic carbocycles. The summed E-state index contributed by atoms with van der Waals surface area (Å²) in [5.41, 5.74) is 0.239. The fourth-order valence-corrected chi connectivity index (χ4v) is 4.86. The Morgan fingerprint density at radius 1 is 0.939 bits per heavy atom.